The second-order valence-corrected chi connectivity index (χ2v) is 5.42. The average molecular weight is 343 g/mol. The van der Waals surface area contributed by atoms with E-state index in [9.17, 15) is 13.6 Å². The fraction of sp³-hybridized carbons (Fsp3) is 0.111. The van der Waals surface area contributed by atoms with Crippen molar-refractivity contribution < 1.29 is 13.5 Å². The third-order valence-electron chi connectivity index (χ3n) is 3.60. The summed E-state index contributed by atoms with van der Waals surface area (Å²) in [5.41, 5.74) is 1.93. The lowest BCUT2D eigenvalue weighted by molar-refractivity contribution is 0.439. The molecule has 3 aromatic rings. The third kappa shape index (κ3) is 3.50. The number of H-pyrrole nitrogens is 1. The maximum Gasteiger partial charge on any atom is 0.287 e. The van der Waals surface area contributed by atoms with Crippen LogP contribution in [0.15, 0.2) is 47.3 Å². The molecule has 7 heteroatoms. The summed E-state index contributed by atoms with van der Waals surface area (Å²) in [7, 11) is 1.62. The van der Waals surface area contributed by atoms with E-state index in [1.807, 2.05) is 6.92 Å². The molecule has 5 nitrogen and oxygen atoms in total. The van der Waals surface area contributed by atoms with E-state index in [-0.39, 0.29) is 11.3 Å². The fourth-order valence-corrected chi connectivity index (χ4v) is 2.34. The van der Waals surface area contributed by atoms with E-state index in [0.29, 0.717) is 22.7 Å². The molecular weight excluding hydrogens is 328 g/mol. The summed E-state index contributed by atoms with van der Waals surface area (Å²) >= 11 is 0. The van der Waals surface area contributed by atoms with E-state index in [0.717, 1.165) is 17.7 Å². The van der Waals surface area contributed by atoms with Crippen LogP contribution in [0.3, 0.4) is 0 Å². The van der Waals surface area contributed by atoms with Crippen molar-refractivity contribution in [1.82, 2.24) is 10.2 Å². The molecule has 1 heterocycles. The van der Waals surface area contributed by atoms with Gasteiger partial charge in [-0.1, -0.05) is 11.6 Å². The van der Waals surface area contributed by atoms with E-state index in [1.54, 1.807) is 31.3 Å². The van der Waals surface area contributed by atoms with Crippen LogP contribution >= 0.6 is 0 Å². The van der Waals surface area contributed by atoms with Gasteiger partial charge in [0, 0.05) is 18.7 Å². The zero-order valence-electron chi connectivity index (χ0n) is 13.6. The normalized spacial score (nSPS) is 10.6. The van der Waals surface area contributed by atoms with Crippen molar-refractivity contribution in [3.8, 4) is 22.8 Å². The Kier molecular flexibility index (Phi) is 4.47. The van der Waals surface area contributed by atoms with Gasteiger partial charge in [0.2, 0.25) is 0 Å². The molecule has 2 N–H and O–H groups in total. The van der Waals surface area contributed by atoms with Crippen LogP contribution in [0.5, 0.6) is 11.5 Å². The van der Waals surface area contributed by atoms with Crippen molar-refractivity contribution in [2.24, 2.45) is 0 Å². The lowest BCUT2D eigenvalue weighted by Gasteiger charge is -2.13. The highest BCUT2D eigenvalue weighted by molar-refractivity contribution is 5.70. The van der Waals surface area contributed by atoms with Gasteiger partial charge in [0.15, 0.2) is 11.6 Å². The first-order valence-electron chi connectivity index (χ1n) is 7.49. The number of anilines is 1. The topological polar surface area (TPSA) is 67.0 Å². The summed E-state index contributed by atoms with van der Waals surface area (Å²) in [5, 5.41) is 9.20. The van der Waals surface area contributed by atoms with E-state index < -0.39 is 11.6 Å². The Bertz CT molecular complexity index is 986. The van der Waals surface area contributed by atoms with Gasteiger partial charge in [0.1, 0.15) is 17.3 Å². The van der Waals surface area contributed by atoms with Gasteiger partial charge in [-0.05, 0) is 37.3 Å². The van der Waals surface area contributed by atoms with Gasteiger partial charge < -0.3 is 10.1 Å². The molecule has 0 unspecified atom stereocenters. The SMILES string of the molecule is CNc1cc(-c2cc(C)ccc2Oc2ccc(F)cc2F)n[nH]c1=O. The number of benzene rings is 2. The van der Waals surface area contributed by atoms with Gasteiger partial charge in [0.25, 0.3) is 5.56 Å². The molecule has 0 saturated carbocycles. The monoisotopic (exact) mass is 343 g/mol. The number of hydrogen-bond acceptors (Lipinski definition) is 4. The first kappa shape index (κ1) is 16.6. The maximum atomic E-state index is 13.9. The molecule has 0 fully saturated rings. The van der Waals surface area contributed by atoms with Crippen LogP contribution in [0, 0.1) is 18.6 Å². The molecule has 0 aliphatic heterocycles. The second-order valence-electron chi connectivity index (χ2n) is 5.42. The Balaban J connectivity index is 2.08. The summed E-state index contributed by atoms with van der Waals surface area (Å²) in [4.78, 5) is 11.7. The van der Waals surface area contributed by atoms with Crippen LogP contribution < -0.4 is 15.6 Å². The largest absolute Gasteiger partial charge is 0.454 e. The molecule has 0 atom stereocenters. The molecule has 0 amide bonds. The minimum atomic E-state index is -0.808. The van der Waals surface area contributed by atoms with Crippen LogP contribution in [0.25, 0.3) is 11.3 Å². The van der Waals surface area contributed by atoms with Crippen molar-refractivity contribution in [3.63, 3.8) is 0 Å². The highest BCUT2D eigenvalue weighted by Crippen LogP contribution is 2.34. The molecule has 3 rings (SSSR count). The number of aromatic amines is 1. The van der Waals surface area contributed by atoms with Gasteiger partial charge in [-0.15, -0.1) is 0 Å². The van der Waals surface area contributed by atoms with Crippen molar-refractivity contribution in [3.05, 3.63) is 70.0 Å². The Hall–Kier alpha value is -3.22. The summed E-state index contributed by atoms with van der Waals surface area (Å²) < 4.78 is 32.6. The first-order chi connectivity index (χ1) is 12.0. The predicted octanol–water partition coefficient (Wildman–Crippen LogP) is 3.86. The number of aryl methyl sites for hydroxylation is 1. The van der Waals surface area contributed by atoms with E-state index in [1.165, 1.54) is 6.07 Å². The highest BCUT2D eigenvalue weighted by Gasteiger charge is 2.14. The van der Waals surface area contributed by atoms with Gasteiger partial charge in [0.05, 0.1) is 5.69 Å². The first-order valence-corrected chi connectivity index (χ1v) is 7.49. The number of ether oxygens (including phenoxy) is 1. The second kappa shape index (κ2) is 6.72. The maximum absolute atomic E-state index is 13.9. The Morgan fingerprint density at radius 3 is 2.56 bits per heavy atom. The summed E-state index contributed by atoms with van der Waals surface area (Å²) in [6, 6.07) is 9.92. The number of nitrogens with zero attached hydrogens (tertiary/aromatic N) is 1. The van der Waals surface area contributed by atoms with Crippen LogP contribution in [-0.4, -0.2) is 17.2 Å². The zero-order valence-corrected chi connectivity index (χ0v) is 13.6. The van der Waals surface area contributed by atoms with Crippen molar-refractivity contribution >= 4 is 5.69 Å². The van der Waals surface area contributed by atoms with Gasteiger partial charge >= 0.3 is 0 Å². The number of aromatic nitrogens is 2. The fourth-order valence-electron chi connectivity index (χ4n) is 2.34. The van der Waals surface area contributed by atoms with Gasteiger partial charge in [-0.2, -0.15) is 5.10 Å². The van der Waals surface area contributed by atoms with Crippen LogP contribution in [-0.2, 0) is 0 Å². The molecule has 25 heavy (non-hydrogen) atoms. The number of nitrogens with one attached hydrogen (secondary N) is 2. The molecule has 128 valence electrons. The van der Waals surface area contributed by atoms with E-state index >= 15 is 0 Å². The Labute approximate surface area is 142 Å². The number of hydrogen-bond donors (Lipinski definition) is 2. The molecule has 0 saturated heterocycles. The predicted molar refractivity (Wildman–Crippen MR) is 91.0 cm³/mol. The molecule has 0 aliphatic carbocycles. The van der Waals surface area contributed by atoms with Crippen LogP contribution in [0.1, 0.15) is 5.56 Å². The molecule has 0 aliphatic rings. The van der Waals surface area contributed by atoms with Crippen LogP contribution in [0.4, 0.5) is 14.5 Å². The van der Waals surface area contributed by atoms with Gasteiger partial charge in [-0.3, -0.25) is 4.79 Å². The van der Waals surface area contributed by atoms with Crippen molar-refractivity contribution in [2.45, 2.75) is 6.92 Å². The molecule has 2 aromatic carbocycles. The molecule has 0 spiro atoms. The quantitative estimate of drug-likeness (QED) is 0.755. The lowest BCUT2D eigenvalue weighted by Crippen LogP contribution is -2.13. The van der Waals surface area contributed by atoms with Crippen molar-refractivity contribution in [1.29, 1.82) is 0 Å². The Morgan fingerprint density at radius 1 is 1.08 bits per heavy atom. The van der Waals surface area contributed by atoms with Crippen LogP contribution in [0.2, 0.25) is 0 Å². The average Bonchev–Trinajstić information content (AvgIpc) is 2.59. The smallest absolute Gasteiger partial charge is 0.287 e. The lowest BCUT2D eigenvalue weighted by atomic mass is 10.1. The molecular formula is C18H15F2N3O2. The van der Waals surface area contributed by atoms with E-state index in [2.05, 4.69) is 15.5 Å². The molecule has 0 bridgehead atoms. The number of rotatable bonds is 4. The van der Waals surface area contributed by atoms with Gasteiger partial charge in [-0.25, -0.2) is 13.9 Å². The van der Waals surface area contributed by atoms with Crippen molar-refractivity contribution in [2.75, 3.05) is 12.4 Å². The minimum Gasteiger partial charge on any atom is -0.454 e. The molecule has 1 aromatic heterocycles. The number of halogens is 2. The third-order valence-corrected chi connectivity index (χ3v) is 3.60. The standard InChI is InChI=1S/C18H15F2N3O2/c1-10-3-5-16(25-17-6-4-11(19)8-13(17)20)12(7-10)14-9-15(21-2)18(24)23-22-14/h3-9H,1-2H3,(H,21,22)(H,23,24). The Morgan fingerprint density at radius 2 is 1.84 bits per heavy atom. The molecule has 0 radical (unpaired) electrons. The summed E-state index contributed by atoms with van der Waals surface area (Å²) in [6.07, 6.45) is 0. The minimum absolute atomic E-state index is 0.107. The zero-order chi connectivity index (χ0) is 18.0. The van der Waals surface area contributed by atoms with E-state index in [4.69, 9.17) is 4.74 Å². The summed E-state index contributed by atoms with van der Waals surface area (Å²) in [6.45, 7) is 1.89. The highest BCUT2D eigenvalue weighted by atomic mass is 19.1. The summed E-state index contributed by atoms with van der Waals surface area (Å²) in [5.74, 6) is -1.27.